The van der Waals surface area contributed by atoms with E-state index in [0.717, 1.165) is 23.8 Å². The number of halogens is 5. The minimum absolute atomic E-state index is 0.0821. The van der Waals surface area contributed by atoms with E-state index in [1.54, 1.807) is 18.2 Å². The molecule has 0 amide bonds. The maximum atomic E-state index is 14.9. The van der Waals surface area contributed by atoms with Crippen LogP contribution in [-0.4, -0.2) is 35.0 Å². The number of carboxylic acid groups (broad SMARTS) is 1. The average Bonchev–Trinajstić information content (AvgIpc) is 3.45. The lowest BCUT2D eigenvalue weighted by Gasteiger charge is -2.21. The zero-order valence-electron chi connectivity index (χ0n) is 22.1. The molecule has 2 aliphatic rings. The summed E-state index contributed by atoms with van der Waals surface area (Å²) < 4.78 is 88.9. The molecule has 0 fully saturated rings. The van der Waals surface area contributed by atoms with Gasteiger partial charge in [0.2, 0.25) is 0 Å². The summed E-state index contributed by atoms with van der Waals surface area (Å²) in [6, 6.07) is 8.79. The molecule has 11 heteroatoms. The molecule has 1 aliphatic heterocycles. The Hall–Kier alpha value is -3.86. The highest BCUT2D eigenvalue weighted by atomic mass is 19.4. The summed E-state index contributed by atoms with van der Waals surface area (Å²) in [7, 11) is 0. The van der Waals surface area contributed by atoms with Crippen LogP contribution in [0.25, 0.3) is 11.1 Å². The first-order valence-electron chi connectivity index (χ1n) is 12.9. The Morgan fingerprint density at radius 1 is 1.05 bits per heavy atom. The first-order valence-corrected chi connectivity index (χ1v) is 12.9. The molecule has 218 valence electrons. The number of aliphatic carboxylic acids is 1. The van der Waals surface area contributed by atoms with Crippen molar-refractivity contribution >= 4 is 5.97 Å². The Labute approximate surface area is 232 Å². The molecule has 0 aromatic heterocycles. The third kappa shape index (κ3) is 5.95. The molecule has 1 heterocycles. The third-order valence-electron chi connectivity index (χ3n) is 7.08. The lowest BCUT2D eigenvalue weighted by atomic mass is 9.91. The first kappa shape index (κ1) is 28.7. The van der Waals surface area contributed by atoms with Crippen molar-refractivity contribution in [1.29, 1.82) is 0 Å². The van der Waals surface area contributed by atoms with Crippen molar-refractivity contribution in [3.05, 3.63) is 76.4 Å². The van der Waals surface area contributed by atoms with Crippen LogP contribution in [0.2, 0.25) is 0 Å². The van der Waals surface area contributed by atoms with Crippen molar-refractivity contribution in [1.82, 2.24) is 0 Å². The average molecular weight is 579 g/mol. The summed E-state index contributed by atoms with van der Waals surface area (Å²) in [5.74, 6) is -3.54. The number of hydrogen-bond donors (Lipinski definition) is 2. The Morgan fingerprint density at radius 3 is 2.37 bits per heavy atom. The Balaban J connectivity index is 1.48. The highest BCUT2D eigenvalue weighted by molar-refractivity contribution is 5.75. The minimum Gasteiger partial charge on any atom is -0.492 e. The predicted octanol–water partition coefficient (Wildman–Crippen LogP) is 6.82. The van der Waals surface area contributed by atoms with Crippen LogP contribution >= 0.6 is 0 Å². The van der Waals surface area contributed by atoms with Gasteiger partial charge >= 0.3 is 12.1 Å². The van der Waals surface area contributed by atoms with Gasteiger partial charge in [-0.15, -0.1) is 0 Å². The molecule has 2 atom stereocenters. The molecule has 0 radical (unpaired) electrons. The van der Waals surface area contributed by atoms with E-state index in [-0.39, 0.29) is 42.1 Å². The largest absolute Gasteiger partial charge is 0.492 e. The molecule has 0 bridgehead atoms. The third-order valence-corrected chi connectivity index (χ3v) is 7.08. The molecule has 0 spiro atoms. The van der Waals surface area contributed by atoms with Gasteiger partial charge in [-0.05, 0) is 73.2 Å². The van der Waals surface area contributed by atoms with Gasteiger partial charge < -0.3 is 24.4 Å². The standard InChI is InChI=1S/C30H27F5O6/c1-29(2,38)14-40-28-22(31)9-15(10-23(28)32)27-20-6-8-24(19(20)5-7-21(27)30(33,34)35)41-17-3-4-18-16(11-26(36)37)13-39-25(18)12-17/h3-5,7,9-10,12,16,24,38H,6,8,11,13-14H2,1-2H3,(H,36,37)/t16-,24?/m1/s1. The van der Waals surface area contributed by atoms with Gasteiger partial charge in [0.1, 0.15) is 24.2 Å². The Bertz CT molecular complexity index is 1470. The minimum atomic E-state index is -4.80. The lowest BCUT2D eigenvalue weighted by molar-refractivity contribution is -0.138. The number of alkyl halides is 3. The van der Waals surface area contributed by atoms with Crippen molar-refractivity contribution < 1.29 is 51.2 Å². The number of aliphatic hydroxyl groups is 1. The molecule has 41 heavy (non-hydrogen) atoms. The molecule has 5 rings (SSSR count). The van der Waals surface area contributed by atoms with Crippen molar-refractivity contribution in [3.63, 3.8) is 0 Å². The Kier molecular flexibility index (Phi) is 7.35. The van der Waals surface area contributed by atoms with E-state index in [9.17, 15) is 31.9 Å². The van der Waals surface area contributed by atoms with Crippen LogP contribution in [0.5, 0.6) is 17.2 Å². The molecule has 0 saturated heterocycles. The van der Waals surface area contributed by atoms with Gasteiger partial charge in [-0.1, -0.05) is 12.1 Å². The fraction of sp³-hybridized carbons (Fsp3) is 0.367. The van der Waals surface area contributed by atoms with Gasteiger partial charge in [0, 0.05) is 17.5 Å². The molecular formula is C30H27F5O6. The fourth-order valence-electron chi connectivity index (χ4n) is 5.32. The van der Waals surface area contributed by atoms with E-state index in [1.165, 1.54) is 19.9 Å². The predicted molar refractivity (Wildman–Crippen MR) is 137 cm³/mol. The highest BCUT2D eigenvalue weighted by Gasteiger charge is 2.39. The number of fused-ring (bicyclic) bond motifs is 2. The summed E-state index contributed by atoms with van der Waals surface area (Å²) in [5.41, 5.74) is -1.58. The van der Waals surface area contributed by atoms with Crippen LogP contribution in [0.1, 0.15) is 61.0 Å². The normalized spacial score (nSPS) is 18.0. The van der Waals surface area contributed by atoms with E-state index in [2.05, 4.69) is 0 Å². The van der Waals surface area contributed by atoms with E-state index >= 15 is 0 Å². The van der Waals surface area contributed by atoms with Crippen LogP contribution < -0.4 is 14.2 Å². The molecule has 0 saturated carbocycles. The van der Waals surface area contributed by atoms with Crippen molar-refractivity contribution in [3.8, 4) is 28.4 Å². The monoisotopic (exact) mass is 578 g/mol. The van der Waals surface area contributed by atoms with Crippen LogP contribution in [0.15, 0.2) is 42.5 Å². The second-order valence-electron chi connectivity index (χ2n) is 10.9. The maximum absolute atomic E-state index is 14.9. The molecule has 3 aromatic carbocycles. The van der Waals surface area contributed by atoms with E-state index in [1.807, 2.05) is 0 Å². The van der Waals surface area contributed by atoms with Gasteiger partial charge in [0.05, 0.1) is 24.2 Å². The number of benzene rings is 3. The van der Waals surface area contributed by atoms with Crippen LogP contribution in [0, 0.1) is 11.6 Å². The number of carbonyl (C=O) groups is 1. The smallest absolute Gasteiger partial charge is 0.417 e. The van der Waals surface area contributed by atoms with Crippen LogP contribution in [0.4, 0.5) is 22.0 Å². The summed E-state index contributed by atoms with van der Waals surface area (Å²) in [5, 5.41) is 18.9. The number of carboxylic acids is 1. The number of rotatable bonds is 8. The number of ether oxygens (including phenoxy) is 3. The van der Waals surface area contributed by atoms with Crippen molar-refractivity contribution in [2.24, 2.45) is 0 Å². The van der Waals surface area contributed by atoms with Gasteiger partial charge in [-0.2, -0.15) is 13.2 Å². The molecule has 6 nitrogen and oxygen atoms in total. The molecule has 1 unspecified atom stereocenters. The quantitative estimate of drug-likeness (QED) is 0.286. The molecule has 1 aliphatic carbocycles. The summed E-state index contributed by atoms with van der Waals surface area (Å²) in [6.07, 6.45) is -5.02. The van der Waals surface area contributed by atoms with E-state index in [0.29, 0.717) is 23.5 Å². The van der Waals surface area contributed by atoms with Gasteiger partial charge in [0.25, 0.3) is 0 Å². The molecular weight excluding hydrogens is 551 g/mol. The Morgan fingerprint density at radius 2 is 1.73 bits per heavy atom. The second-order valence-corrected chi connectivity index (χ2v) is 10.9. The van der Waals surface area contributed by atoms with Gasteiger partial charge in [-0.25, -0.2) is 8.78 Å². The lowest BCUT2D eigenvalue weighted by Crippen LogP contribution is -2.28. The van der Waals surface area contributed by atoms with Gasteiger partial charge in [-0.3, -0.25) is 4.79 Å². The van der Waals surface area contributed by atoms with Crippen molar-refractivity contribution in [2.75, 3.05) is 13.2 Å². The fourth-order valence-corrected chi connectivity index (χ4v) is 5.32. The first-order chi connectivity index (χ1) is 19.2. The molecule has 3 aromatic rings. The SMILES string of the molecule is CC(C)(O)COc1c(F)cc(-c2c(C(F)(F)F)ccc3c2CCC3Oc2ccc3c(c2)OC[C@H]3CC(=O)O)cc1F. The maximum Gasteiger partial charge on any atom is 0.417 e. The summed E-state index contributed by atoms with van der Waals surface area (Å²) in [4.78, 5) is 11.1. The second kappa shape index (κ2) is 10.5. The highest BCUT2D eigenvalue weighted by Crippen LogP contribution is 2.47. The van der Waals surface area contributed by atoms with Crippen LogP contribution in [0.3, 0.4) is 0 Å². The molecule has 2 N–H and O–H groups in total. The summed E-state index contributed by atoms with van der Waals surface area (Å²) in [6.45, 7) is 2.55. The van der Waals surface area contributed by atoms with Crippen molar-refractivity contribution in [2.45, 2.75) is 56.9 Å². The zero-order valence-corrected chi connectivity index (χ0v) is 22.1. The van der Waals surface area contributed by atoms with Gasteiger partial charge in [0.15, 0.2) is 17.4 Å². The topological polar surface area (TPSA) is 85.2 Å². The summed E-state index contributed by atoms with van der Waals surface area (Å²) >= 11 is 0. The number of hydrogen-bond acceptors (Lipinski definition) is 5. The van der Waals surface area contributed by atoms with E-state index in [4.69, 9.17) is 19.3 Å². The zero-order chi connectivity index (χ0) is 29.7. The van der Waals surface area contributed by atoms with E-state index < -0.39 is 53.4 Å². The van der Waals surface area contributed by atoms with Crippen LogP contribution in [-0.2, 0) is 17.4 Å².